The molecule has 27 heavy (non-hydrogen) atoms. The van der Waals surface area contributed by atoms with Crippen LogP contribution in [0.1, 0.15) is 21.7 Å². The van der Waals surface area contributed by atoms with E-state index in [0.29, 0.717) is 16.3 Å². The van der Waals surface area contributed by atoms with Gasteiger partial charge in [-0.05, 0) is 38.1 Å². The fraction of sp³-hybridized carbons (Fsp3) is 0.105. The molecule has 0 saturated heterocycles. The van der Waals surface area contributed by atoms with Gasteiger partial charge in [0, 0.05) is 22.5 Å². The standard InChI is InChI=1S/C19H15FN4O2S/c1-10-3-5-15-13(7-10)17(24-23-15)18(25)22-12-4-6-16(14(20)8-12)26-19-21-11(2)9-27-19/h3-9H,1-2H3,(H,22,25)(H,23,24). The first-order chi connectivity index (χ1) is 13.0. The molecule has 4 aromatic rings. The number of hydrogen-bond acceptors (Lipinski definition) is 5. The van der Waals surface area contributed by atoms with Crippen molar-refractivity contribution in [1.29, 1.82) is 0 Å². The average Bonchev–Trinajstić information content (AvgIpc) is 3.23. The fourth-order valence-electron chi connectivity index (χ4n) is 2.63. The number of halogens is 1. The Morgan fingerprint density at radius 3 is 2.81 bits per heavy atom. The van der Waals surface area contributed by atoms with Crippen LogP contribution in [0.15, 0.2) is 41.8 Å². The maximum Gasteiger partial charge on any atom is 0.278 e. The van der Waals surface area contributed by atoms with E-state index in [0.717, 1.165) is 16.8 Å². The van der Waals surface area contributed by atoms with Crippen LogP contribution in [0.4, 0.5) is 10.1 Å². The predicted octanol–water partition coefficient (Wildman–Crippen LogP) is 4.82. The van der Waals surface area contributed by atoms with E-state index in [2.05, 4.69) is 20.5 Å². The van der Waals surface area contributed by atoms with Gasteiger partial charge in [0.1, 0.15) is 0 Å². The summed E-state index contributed by atoms with van der Waals surface area (Å²) in [5.41, 5.74) is 3.15. The fourth-order valence-corrected chi connectivity index (χ4v) is 3.28. The summed E-state index contributed by atoms with van der Waals surface area (Å²) in [5, 5.41) is 12.4. The van der Waals surface area contributed by atoms with Gasteiger partial charge in [0.2, 0.25) is 0 Å². The van der Waals surface area contributed by atoms with Crippen LogP contribution in [0.25, 0.3) is 10.9 Å². The Morgan fingerprint density at radius 2 is 2.07 bits per heavy atom. The lowest BCUT2D eigenvalue weighted by Crippen LogP contribution is -2.13. The first-order valence-electron chi connectivity index (χ1n) is 8.15. The number of anilines is 1. The van der Waals surface area contributed by atoms with Crippen LogP contribution in [0.5, 0.6) is 10.9 Å². The van der Waals surface area contributed by atoms with Crippen molar-refractivity contribution in [3.05, 3.63) is 64.5 Å². The molecule has 0 unspecified atom stereocenters. The third-order valence-corrected chi connectivity index (χ3v) is 4.75. The molecular formula is C19H15FN4O2S. The Morgan fingerprint density at radius 1 is 1.22 bits per heavy atom. The maximum absolute atomic E-state index is 14.3. The lowest BCUT2D eigenvalue weighted by atomic mass is 10.1. The number of H-pyrrole nitrogens is 1. The van der Waals surface area contributed by atoms with Crippen molar-refractivity contribution >= 4 is 33.8 Å². The van der Waals surface area contributed by atoms with Gasteiger partial charge >= 0.3 is 0 Å². The van der Waals surface area contributed by atoms with Crippen LogP contribution < -0.4 is 10.1 Å². The van der Waals surface area contributed by atoms with Gasteiger partial charge in [0.25, 0.3) is 11.1 Å². The van der Waals surface area contributed by atoms with Crippen LogP contribution in [-0.4, -0.2) is 21.1 Å². The molecule has 1 amide bonds. The minimum atomic E-state index is -0.594. The summed E-state index contributed by atoms with van der Waals surface area (Å²) < 4.78 is 19.8. The topological polar surface area (TPSA) is 79.9 Å². The van der Waals surface area contributed by atoms with E-state index in [1.54, 1.807) is 6.07 Å². The molecule has 8 heteroatoms. The molecular weight excluding hydrogens is 367 g/mol. The molecule has 0 saturated carbocycles. The van der Waals surface area contributed by atoms with Gasteiger partial charge in [0.15, 0.2) is 17.3 Å². The second kappa shape index (κ2) is 6.81. The highest BCUT2D eigenvalue weighted by Crippen LogP contribution is 2.29. The van der Waals surface area contributed by atoms with E-state index >= 15 is 0 Å². The Bertz CT molecular complexity index is 1150. The highest BCUT2D eigenvalue weighted by Gasteiger charge is 2.16. The number of aromatic nitrogens is 3. The summed E-state index contributed by atoms with van der Waals surface area (Å²) in [7, 11) is 0. The zero-order valence-corrected chi connectivity index (χ0v) is 15.4. The van der Waals surface area contributed by atoms with Crippen LogP contribution in [0, 0.1) is 19.7 Å². The number of aromatic amines is 1. The van der Waals surface area contributed by atoms with Gasteiger partial charge in [0.05, 0.1) is 11.2 Å². The zero-order valence-electron chi connectivity index (χ0n) is 14.5. The van der Waals surface area contributed by atoms with Gasteiger partial charge < -0.3 is 10.1 Å². The molecule has 0 radical (unpaired) electrons. The predicted molar refractivity (Wildman–Crippen MR) is 102 cm³/mol. The molecule has 6 nitrogen and oxygen atoms in total. The minimum absolute atomic E-state index is 0.0446. The molecule has 2 N–H and O–H groups in total. The normalized spacial score (nSPS) is 10.9. The van der Waals surface area contributed by atoms with Gasteiger partial charge in [-0.25, -0.2) is 9.37 Å². The molecule has 0 aliphatic carbocycles. The van der Waals surface area contributed by atoms with E-state index in [4.69, 9.17) is 4.74 Å². The number of ether oxygens (including phenoxy) is 1. The Hall–Kier alpha value is -3.26. The van der Waals surface area contributed by atoms with Crippen molar-refractivity contribution in [2.45, 2.75) is 13.8 Å². The SMILES string of the molecule is Cc1ccc2[nH]nc(C(=O)Nc3ccc(Oc4nc(C)cs4)c(F)c3)c2c1. The second-order valence-corrected chi connectivity index (χ2v) is 6.90. The molecule has 0 spiro atoms. The van der Waals surface area contributed by atoms with Crippen molar-refractivity contribution < 1.29 is 13.9 Å². The largest absolute Gasteiger partial charge is 0.428 e. The minimum Gasteiger partial charge on any atom is -0.428 e. The molecule has 2 heterocycles. The lowest BCUT2D eigenvalue weighted by Gasteiger charge is -2.07. The third-order valence-electron chi connectivity index (χ3n) is 3.92. The molecule has 2 aromatic carbocycles. The highest BCUT2D eigenvalue weighted by molar-refractivity contribution is 7.11. The van der Waals surface area contributed by atoms with Crippen molar-refractivity contribution in [2.75, 3.05) is 5.32 Å². The summed E-state index contributed by atoms with van der Waals surface area (Å²) in [6.07, 6.45) is 0. The number of carbonyl (C=O) groups is 1. The number of amides is 1. The number of aryl methyl sites for hydroxylation is 2. The van der Waals surface area contributed by atoms with E-state index in [1.807, 2.05) is 37.4 Å². The number of carbonyl (C=O) groups excluding carboxylic acids is 1. The van der Waals surface area contributed by atoms with Gasteiger partial charge in [-0.15, -0.1) is 0 Å². The lowest BCUT2D eigenvalue weighted by molar-refractivity contribution is 0.102. The van der Waals surface area contributed by atoms with E-state index in [1.165, 1.54) is 23.5 Å². The number of nitrogens with zero attached hydrogens (tertiary/aromatic N) is 2. The average molecular weight is 382 g/mol. The number of thiazole rings is 1. The number of rotatable bonds is 4. The Balaban J connectivity index is 1.54. The van der Waals surface area contributed by atoms with Crippen LogP contribution >= 0.6 is 11.3 Å². The second-order valence-electron chi connectivity index (χ2n) is 6.08. The number of benzene rings is 2. The van der Waals surface area contributed by atoms with Crippen molar-refractivity contribution in [1.82, 2.24) is 15.2 Å². The summed E-state index contributed by atoms with van der Waals surface area (Å²) in [6, 6.07) is 9.89. The summed E-state index contributed by atoms with van der Waals surface area (Å²) in [6.45, 7) is 3.77. The number of fused-ring (bicyclic) bond motifs is 1. The van der Waals surface area contributed by atoms with Gasteiger partial charge in [-0.3, -0.25) is 9.89 Å². The van der Waals surface area contributed by atoms with E-state index in [-0.39, 0.29) is 11.4 Å². The summed E-state index contributed by atoms with van der Waals surface area (Å²) in [4.78, 5) is 16.7. The van der Waals surface area contributed by atoms with Crippen molar-refractivity contribution in [3.8, 4) is 10.9 Å². The molecule has 0 fully saturated rings. The van der Waals surface area contributed by atoms with Crippen LogP contribution in [0.2, 0.25) is 0 Å². The monoisotopic (exact) mass is 382 g/mol. The van der Waals surface area contributed by atoms with E-state index < -0.39 is 11.7 Å². The smallest absolute Gasteiger partial charge is 0.278 e. The molecule has 4 rings (SSSR count). The summed E-state index contributed by atoms with van der Waals surface area (Å²) >= 11 is 1.29. The van der Waals surface area contributed by atoms with E-state index in [9.17, 15) is 9.18 Å². The molecule has 0 atom stereocenters. The van der Waals surface area contributed by atoms with Gasteiger partial charge in [-0.2, -0.15) is 5.10 Å². The van der Waals surface area contributed by atoms with Crippen LogP contribution in [-0.2, 0) is 0 Å². The summed E-state index contributed by atoms with van der Waals surface area (Å²) in [5.74, 6) is -0.970. The molecule has 0 aliphatic heterocycles. The molecule has 136 valence electrons. The third kappa shape index (κ3) is 3.52. The number of nitrogens with one attached hydrogen (secondary N) is 2. The molecule has 0 aliphatic rings. The zero-order chi connectivity index (χ0) is 19.0. The first-order valence-corrected chi connectivity index (χ1v) is 9.03. The van der Waals surface area contributed by atoms with Crippen LogP contribution in [0.3, 0.4) is 0 Å². The quantitative estimate of drug-likeness (QED) is 0.530. The Kier molecular flexibility index (Phi) is 4.33. The highest BCUT2D eigenvalue weighted by atomic mass is 32.1. The molecule has 2 aromatic heterocycles. The number of hydrogen-bond donors (Lipinski definition) is 2. The first kappa shape index (κ1) is 17.2. The Labute approximate surface area is 158 Å². The maximum atomic E-state index is 14.3. The van der Waals surface area contributed by atoms with Crippen molar-refractivity contribution in [3.63, 3.8) is 0 Å². The van der Waals surface area contributed by atoms with Gasteiger partial charge in [-0.1, -0.05) is 23.0 Å². The molecule has 0 bridgehead atoms. The van der Waals surface area contributed by atoms with Crippen molar-refractivity contribution in [2.24, 2.45) is 0 Å².